The Morgan fingerprint density at radius 1 is 0.930 bits per heavy atom. The van der Waals surface area contributed by atoms with Gasteiger partial charge in [-0.2, -0.15) is 0 Å². The summed E-state index contributed by atoms with van der Waals surface area (Å²) in [7, 11) is 1.79. The Bertz CT molecular complexity index is 2200. The molecule has 3 aliphatic rings. The van der Waals surface area contributed by atoms with Crippen LogP contribution in [0, 0.1) is 5.92 Å². The molecule has 0 aliphatic carbocycles. The van der Waals surface area contributed by atoms with Crippen LogP contribution in [0.4, 0.5) is 4.79 Å². The normalized spacial score (nSPS) is 18.5. The van der Waals surface area contributed by atoms with Crippen LogP contribution in [0.5, 0.6) is 11.5 Å². The molecule has 0 saturated carbocycles. The number of piperidine rings is 3. The van der Waals surface area contributed by atoms with Crippen molar-refractivity contribution in [2.24, 2.45) is 5.92 Å². The van der Waals surface area contributed by atoms with E-state index in [1.807, 2.05) is 78.9 Å². The predicted octanol–water partition coefficient (Wildman–Crippen LogP) is 6.15. The minimum absolute atomic E-state index is 0.0484. The zero-order valence-corrected chi connectivity index (χ0v) is 32.2. The fourth-order valence-electron chi connectivity index (χ4n) is 8.35. The van der Waals surface area contributed by atoms with E-state index in [2.05, 4.69) is 15.2 Å². The van der Waals surface area contributed by atoms with Gasteiger partial charge in [0.15, 0.2) is 0 Å². The van der Waals surface area contributed by atoms with Crippen molar-refractivity contribution in [1.29, 1.82) is 0 Å². The second-order valence-corrected chi connectivity index (χ2v) is 15.2. The first-order chi connectivity index (χ1) is 27.7. The van der Waals surface area contributed by atoms with Crippen LogP contribution in [0.3, 0.4) is 0 Å². The van der Waals surface area contributed by atoms with Gasteiger partial charge in [-0.25, -0.2) is 4.79 Å². The minimum atomic E-state index is -0.916. The third-order valence-electron chi connectivity index (χ3n) is 11.4. The number of phenols is 1. The lowest BCUT2D eigenvalue weighted by Crippen LogP contribution is -2.59. The van der Waals surface area contributed by atoms with E-state index in [4.69, 9.17) is 4.74 Å². The summed E-state index contributed by atoms with van der Waals surface area (Å²) in [6.07, 6.45) is 1.85. The number of aliphatic hydroxyl groups excluding tert-OH is 1. The molecule has 4 heterocycles. The van der Waals surface area contributed by atoms with Crippen LogP contribution in [0.1, 0.15) is 70.4 Å². The molecular weight excluding hydrogens is 723 g/mol. The van der Waals surface area contributed by atoms with Gasteiger partial charge in [0.25, 0.3) is 5.91 Å². The van der Waals surface area contributed by atoms with Crippen molar-refractivity contribution in [1.82, 2.24) is 25.0 Å². The monoisotopic (exact) mass is 773 g/mol. The molecule has 3 aliphatic heterocycles. The van der Waals surface area contributed by atoms with Crippen LogP contribution < -0.4 is 15.6 Å². The van der Waals surface area contributed by atoms with Crippen molar-refractivity contribution in [2.75, 3.05) is 46.3 Å². The molecule has 1 unspecified atom stereocenters. The molecule has 298 valence electrons. The number of aromatic hydroxyl groups is 1. The topological polar surface area (TPSA) is 159 Å². The van der Waals surface area contributed by atoms with Gasteiger partial charge in [-0.3, -0.25) is 14.5 Å². The van der Waals surface area contributed by atoms with Crippen LogP contribution in [0.15, 0.2) is 108 Å². The highest BCUT2D eigenvalue weighted by atomic mass is 16.5. The van der Waals surface area contributed by atoms with E-state index in [-0.39, 0.29) is 29.9 Å². The van der Waals surface area contributed by atoms with E-state index in [0.717, 1.165) is 62.0 Å². The van der Waals surface area contributed by atoms with Crippen molar-refractivity contribution in [2.45, 2.75) is 50.5 Å². The van der Waals surface area contributed by atoms with Gasteiger partial charge in [0.1, 0.15) is 18.1 Å². The molecule has 57 heavy (non-hydrogen) atoms. The molecule has 12 heteroatoms. The lowest BCUT2D eigenvalue weighted by molar-refractivity contribution is -0.000814. The predicted molar refractivity (Wildman–Crippen MR) is 219 cm³/mol. The van der Waals surface area contributed by atoms with Gasteiger partial charge in [0.2, 0.25) is 5.56 Å². The highest BCUT2D eigenvalue weighted by Crippen LogP contribution is 2.39. The standard InChI is InChI=1S/C45H51N5O7/c1-48(23-6-5-22-46-27-40(52)36-16-18-39(51)42-37(36)17-19-41(53)47-42)44(54)33-14-12-30(13-15-33)29-57-35-11-7-10-34(26-35)43(32-8-3-2-4-9-32)50(45(55)56)38-28-49-24-20-31(38)21-25-49/h2-4,7-19,26,31,38,40,43,46,51-52H,5-6,20-25,27-29H2,1H3,(H,47,53)(H,55,56)/t38-,40+,43?/m0/s1. The molecule has 3 saturated heterocycles. The van der Waals surface area contributed by atoms with Gasteiger partial charge in [-0.1, -0.05) is 60.7 Å². The summed E-state index contributed by atoms with van der Waals surface area (Å²) in [6.45, 7) is 4.62. The largest absolute Gasteiger partial charge is 0.506 e. The van der Waals surface area contributed by atoms with E-state index < -0.39 is 18.2 Å². The van der Waals surface area contributed by atoms with E-state index >= 15 is 0 Å². The number of unbranched alkanes of at least 4 members (excludes halogenated alkanes) is 1. The Hall–Kier alpha value is -5.69. The number of phenolic OH excluding ortho intramolecular Hbond substituents is 1. The molecule has 12 nitrogen and oxygen atoms in total. The van der Waals surface area contributed by atoms with Crippen LogP contribution in [-0.2, 0) is 6.61 Å². The van der Waals surface area contributed by atoms with Gasteiger partial charge in [-0.05, 0) is 110 Å². The molecule has 2 amide bonds. The number of hydrogen-bond donors (Lipinski definition) is 5. The fourth-order valence-corrected chi connectivity index (χ4v) is 8.35. The number of aromatic nitrogens is 1. The van der Waals surface area contributed by atoms with E-state index in [1.54, 1.807) is 29.0 Å². The van der Waals surface area contributed by atoms with E-state index in [9.17, 15) is 29.7 Å². The minimum Gasteiger partial charge on any atom is -0.506 e. The molecule has 5 aromatic rings. The molecule has 3 atom stereocenters. The summed E-state index contributed by atoms with van der Waals surface area (Å²) in [5, 5.41) is 35.4. The third kappa shape index (κ3) is 9.31. The van der Waals surface area contributed by atoms with Gasteiger partial charge in [-0.15, -0.1) is 0 Å². The summed E-state index contributed by atoms with van der Waals surface area (Å²) >= 11 is 0. The quantitative estimate of drug-likeness (QED) is 0.0742. The molecule has 1 aromatic heterocycles. The molecule has 5 N–H and O–H groups in total. The number of carboxylic acid groups (broad SMARTS) is 1. The zero-order valence-electron chi connectivity index (χ0n) is 32.2. The second-order valence-electron chi connectivity index (χ2n) is 15.2. The Kier molecular flexibility index (Phi) is 12.5. The molecule has 0 radical (unpaired) electrons. The smallest absolute Gasteiger partial charge is 0.408 e. The number of nitrogens with zero attached hydrogens (tertiary/aromatic N) is 3. The lowest BCUT2D eigenvalue weighted by Gasteiger charge is -2.50. The first-order valence-electron chi connectivity index (χ1n) is 19.8. The lowest BCUT2D eigenvalue weighted by atomic mass is 9.81. The number of nitrogens with one attached hydrogen (secondary N) is 2. The first kappa shape index (κ1) is 39.5. The second kappa shape index (κ2) is 18.1. The number of hydrogen-bond acceptors (Lipinski definition) is 8. The summed E-state index contributed by atoms with van der Waals surface area (Å²) in [4.78, 5) is 46.3. The maximum atomic E-state index is 13.2. The number of pyridine rings is 1. The molecule has 2 bridgehead atoms. The van der Waals surface area contributed by atoms with Crippen LogP contribution in [0.25, 0.3) is 10.9 Å². The van der Waals surface area contributed by atoms with Crippen molar-refractivity contribution in [3.63, 3.8) is 0 Å². The summed E-state index contributed by atoms with van der Waals surface area (Å²) in [5.74, 6) is 0.863. The third-order valence-corrected chi connectivity index (χ3v) is 11.4. The summed E-state index contributed by atoms with van der Waals surface area (Å²) in [5.41, 5.74) is 3.85. The van der Waals surface area contributed by atoms with Crippen molar-refractivity contribution >= 4 is 22.9 Å². The molecule has 4 aromatic carbocycles. The highest BCUT2D eigenvalue weighted by Gasteiger charge is 2.43. The van der Waals surface area contributed by atoms with E-state index in [0.29, 0.717) is 53.3 Å². The Morgan fingerprint density at radius 3 is 2.40 bits per heavy atom. The Morgan fingerprint density at radius 2 is 1.68 bits per heavy atom. The number of H-pyrrole nitrogens is 1. The van der Waals surface area contributed by atoms with Crippen LogP contribution in [0.2, 0.25) is 0 Å². The molecule has 8 rings (SSSR count). The number of amides is 2. The first-order valence-corrected chi connectivity index (χ1v) is 19.8. The van der Waals surface area contributed by atoms with Gasteiger partial charge in [0.05, 0.1) is 23.7 Å². The Balaban J connectivity index is 0.898. The summed E-state index contributed by atoms with van der Waals surface area (Å²) < 4.78 is 6.24. The number of benzene rings is 4. The Labute approximate surface area is 332 Å². The van der Waals surface area contributed by atoms with Gasteiger partial charge in [0, 0.05) is 43.7 Å². The maximum absolute atomic E-state index is 13.2. The average molecular weight is 774 g/mol. The van der Waals surface area contributed by atoms with Crippen molar-refractivity contribution in [3.05, 3.63) is 141 Å². The van der Waals surface area contributed by atoms with E-state index in [1.165, 1.54) is 12.1 Å². The highest BCUT2D eigenvalue weighted by molar-refractivity contribution is 5.94. The van der Waals surface area contributed by atoms with Gasteiger partial charge < -0.3 is 40.2 Å². The number of aliphatic hydroxyl groups is 1. The van der Waals surface area contributed by atoms with Crippen LogP contribution >= 0.6 is 0 Å². The maximum Gasteiger partial charge on any atom is 0.408 e. The number of rotatable bonds is 16. The molecule has 0 spiro atoms. The fraction of sp³-hybridized carbons (Fsp3) is 0.356. The van der Waals surface area contributed by atoms with Crippen molar-refractivity contribution < 1.29 is 29.6 Å². The summed E-state index contributed by atoms with van der Waals surface area (Å²) in [6, 6.07) is 30.5. The number of carbonyl (C=O) groups excluding carboxylic acids is 1. The molecule has 3 fully saturated rings. The molecular formula is C45H51N5O7. The van der Waals surface area contributed by atoms with Crippen LogP contribution in [-0.4, -0.2) is 99.4 Å². The number of ether oxygens (including phenoxy) is 1. The van der Waals surface area contributed by atoms with Gasteiger partial charge >= 0.3 is 6.09 Å². The average Bonchev–Trinajstić information content (AvgIpc) is 3.24. The zero-order chi connectivity index (χ0) is 39.9. The number of carbonyl (C=O) groups is 2. The number of aromatic amines is 1. The number of fused-ring (bicyclic) bond motifs is 4. The SMILES string of the molecule is CN(CCCCNC[C@@H](O)c1ccc(O)c2[nH]c(=O)ccc12)C(=O)c1ccc(COc2cccc(C(c3ccccc3)N(C(=O)O)[C@H]3CN4CCC3CC4)c2)cc1. The van der Waals surface area contributed by atoms with Crippen molar-refractivity contribution in [3.8, 4) is 11.5 Å².